The molecule has 0 spiro atoms. The molecule has 2 atom stereocenters. The summed E-state index contributed by atoms with van der Waals surface area (Å²) >= 11 is 0. The van der Waals surface area contributed by atoms with Crippen LogP contribution in [0.3, 0.4) is 0 Å². The van der Waals surface area contributed by atoms with E-state index in [0.717, 1.165) is 29.2 Å². The van der Waals surface area contributed by atoms with Gasteiger partial charge in [-0.25, -0.2) is 0 Å². The third kappa shape index (κ3) is 3.00. The third-order valence-electron chi connectivity index (χ3n) is 4.54. The van der Waals surface area contributed by atoms with E-state index in [1.165, 1.54) is 12.8 Å². The normalized spacial score (nSPS) is 18.4. The summed E-state index contributed by atoms with van der Waals surface area (Å²) in [6.07, 6.45) is 3.98. The molecule has 2 aromatic rings. The fraction of sp³-hybridized carbons (Fsp3) is 0.412. The number of hydrogen-bond donors (Lipinski definition) is 3. The van der Waals surface area contributed by atoms with Gasteiger partial charge in [0.15, 0.2) is 0 Å². The van der Waals surface area contributed by atoms with Gasteiger partial charge in [-0.05, 0) is 35.8 Å². The molecule has 1 aliphatic carbocycles. The van der Waals surface area contributed by atoms with Crippen molar-refractivity contribution < 1.29 is 10.2 Å². The second-order valence-corrected chi connectivity index (χ2v) is 5.78. The highest BCUT2D eigenvalue weighted by Crippen LogP contribution is 2.36. The molecular weight excluding hydrogens is 286 g/mol. The van der Waals surface area contributed by atoms with Gasteiger partial charge in [-0.1, -0.05) is 43.2 Å². The average molecular weight is 308 g/mol. The van der Waals surface area contributed by atoms with Crippen molar-refractivity contribution in [3.8, 4) is 5.75 Å². The van der Waals surface area contributed by atoms with Gasteiger partial charge in [-0.15, -0.1) is 12.4 Å². The lowest BCUT2D eigenvalue weighted by atomic mass is 9.88. The molecule has 4 N–H and O–H groups in total. The van der Waals surface area contributed by atoms with Gasteiger partial charge in [0.1, 0.15) is 5.75 Å². The monoisotopic (exact) mass is 307 g/mol. The minimum atomic E-state index is -0.509. The Labute approximate surface area is 131 Å². The molecule has 21 heavy (non-hydrogen) atoms. The van der Waals surface area contributed by atoms with Crippen LogP contribution in [-0.2, 0) is 0 Å². The number of aliphatic hydroxyl groups excluding tert-OH is 1. The zero-order chi connectivity index (χ0) is 14.1. The molecule has 1 aliphatic rings. The summed E-state index contributed by atoms with van der Waals surface area (Å²) in [5, 5.41) is 22.2. The highest BCUT2D eigenvalue weighted by Gasteiger charge is 2.29. The molecule has 1 saturated carbocycles. The summed E-state index contributed by atoms with van der Waals surface area (Å²) in [5.41, 5.74) is 7.22. The lowest BCUT2D eigenvalue weighted by molar-refractivity contribution is 0.0849. The first-order chi connectivity index (χ1) is 9.68. The molecule has 0 amide bonds. The second kappa shape index (κ2) is 6.65. The molecule has 114 valence electrons. The van der Waals surface area contributed by atoms with E-state index < -0.39 is 12.1 Å². The van der Waals surface area contributed by atoms with Gasteiger partial charge < -0.3 is 15.9 Å². The summed E-state index contributed by atoms with van der Waals surface area (Å²) in [6.45, 7) is 0. The van der Waals surface area contributed by atoms with Crippen molar-refractivity contribution in [2.75, 3.05) is 0 Å². The fourth-order valence-corrected chi connectivity index (χ4v) is 3.37. The summed E-state index contributed by atoms with van der Waals surface area (Å²) < 4.78 is 0. The molecule has 1 fully saturated rings. The van der Waals surface area contributed by atoms with Crippen LogP contribution in [0.25, 0.3) is 10.8 Å². The second-order valence-electron chi connectivity index (χ2n) is 5.78. The minimum Gasteiger partial charge on any atom is -0.507 e. The Morgan fingerprint density at radius 1 is 1.00 bits per heavy atom. The van der Waals surface area contributed by atoms with Gasteiger partial charge in [0.05, 0.1) is 12.1 Å². The fourth-order valence-electron chi connectivity index (χ4n) is 3.37. The molecule has 3 nitrogen and oxygen atoms in total. The number of hydrogen-bond acceptors (Lipinski definition) is 3. The molecule has 0 aliphatic heterocycles. The molecule has 0 heterocycles. The molecule has 0 radical (unpaired) electrons. The third-order valence-corrected chi connectivity index (χ3v) is 4.54. The van der Waals surface area contributed by atoms with Gasteiger partial charge in [-0.2, -0.15) is 0 Å². The lowest BCUT2D eigenvalue weighted by Gasteiger charge is -2.25. The number of aliphatic hydroxyl groups is 1. The van der Waals surface area contributed by atoms with Crippen LogP contribution < -0.4 is 5.73 Å². The zero-order valence-corrected chi connectivity index (χ0v) is 12.7. The molecule has 0 saturated heterocycles. The summed E-state index contributed by atoms with van der Waals surface area (Å²) in [7, 11) is 0. The van der Waals surface area contributed by atoms with Gasteiger partial charge >= 0.3 is 0 Å². The smallest absolute Gasteiger partial charge is 0.123 e. The maximum Gasteiger partial charge on any atom is 0.123 e. The summed E-state index contributed by atoms with van der Waals surface area (Å²) in [4.78, 5) is 0. The van der Waals surface area contributed by atoms with Gasteiger partial charge in [-0.3, -0.25) is 0 Å². The molecule has 0 aromatic heterocycles. The number of halogens is 1. The predicted octanol–water partition coefficient (Wildman–Crippen LogP) is 3.52. The first-order valence-corrected chi connectivity index (χ1v) is 7.33. The first-order valence-electron chi connectivity index (χ1n) is 7.33. The SMILES string of the molecule is Cl.N[C@H](c1ccc(O)c2ccccc12)[C@@H](O)C1CCCC1. The Balaban J connectivity index is 0.00000161. The number of fused-ring (bicyclic) bond motifs is 1. The Kier molecular flexibility index (Phi) is 5.09. The van der Waals surface area contributed by atoms with Crippen LogP contribution in [0.2, 0.25) is 0 Å². The maximum absolute atomic E-state index is 10.5. The largest absolute Gasteiger partial charge is 0.507 e. The van der Waals surface area contributed by atoms with Crippen molar-refractivity contribution in [3.63, 3.8) is 0 Å². The first kappa shape index (κ1) is 16.1. The predicted molar refractivity (Wildman–Crippen MR) is 87.8 cm³/mol. The van der Waals surface area contributed by atoms with Crippen LogP contribution in [-0.4, -0.2) is 16.3 Å². The van der Waals surface area contributed by atoms with Crippen LogP contribution in [0, 0.1) is 5.92 Å². The Bertz CT molecular complexity index is 611. The van der Waals surface area contributed by atoms with E-state index in [9.17, 15) is 10.2 Å². The quantitative estimate of drug-likeness (QED) is 0.813. The molecule has 4 heteroatoms. The van der Waals surface area contributed by atoms with Crippen LogP contribution in [0.1, 0.15) is 37.3 Å². The number of phenols is 1. The van der Waals surface area contributed by atoms with Crippen molar-refractivity contribution in [3.05, 3.63) is 42.0 Å². The van der Waals surface area contributed by atoms with E-state index >= 15 is 0 Å². The molecule has 2 aromatic carbocycles. The van der Waals surface area contributed by atoms with E-state index in [2.05, 4.69) is 0 Å². The number of nitrogens with two attached hydrogens (primary N) is 1. The standard InChI is InChI=1S/C17H21NO2.ClH/c18-16(17(20)11-5-1-2-6-11)14-9-10-15(19)13-8-4-3-7-12(13)14;/h3-4,7-11,16-17,19-20H,1-2,5-6,18H2;1H/t16-,17+;/m1./s1. The van der Waals surface area contributed by atoms with Crippen LogP contribution in [0.4, 0.5) is 0 Å². The Morgan fingerprint density at radius 3 is 2.29 bits per heavy atom. The number of phenolic OH excluding ortho intramolecular Hbond substituents is 1. The summed E-state index contributed by atoms with van der Waals surface area (Å²) in [5.74, 6) is 0.560. The van der Waals surface area contributed by atoms with Crippen molar-refractivity contribution in [2.45, 2.75) is 37.8 Å². The molecular formula is C17H22ClNO2. The van der Waals surface area contributed by atoms with Gasteiger partial charge in [0.2, 0.25) is 0 Å². The maximum atomic E-state index is 10.5. The topological polar surface area (TPSA) is 66.5 Å². The van der Waals surface area contributed by atoms with E-state index in [1.807, 2.05) is 30.3 Å². The highest BCUT2D eigenvalue weighted by atomic mass is 35.5. The number of aromatic hydroxyl groups is 1. The highest BCUT2D eigenvalue weighted by molar-refractivity contribution is 5.91. The van der Waals surface area contributed by atoms with Crippen molar-refractivity contribution in [1.29, 1.82) is 0 Å². The average Bonchev–Trinajstić information content (AvgIpc) is 3.01. The van der Waals surface area contributed by atoms with E-state index in [0.29, 0.717) is 5.92 Å². The van der Waals surface area contributed by atoms with Gasteiger partial charge in [0, 0.05) is 5.39 Å². The molecule has 0 unspecified atom stereocenters. The Hall–Kier alpha value is -1.29. The van der Waals surface area contributed by atoms with E-state index in [4.69, 9.17) is 5.73 Å². The van der Waals surface area contributed by atoms with Crippen molar-refractivity contribution in [1.82, 2.24) is 0 Å². The number of rotatable bonds is 3. The summed E-state index contributed by atoms with van der Waals surface area (Å²) in [6, 6.07) is 10.8. The minimum absolute atomic E-state index is 0. The van der Waals surface area contributed by atoms with E-state index in [-0.39, 0.29) is 18.2 Å². The Morgan fingerprint density at radius 2 is 1.62 bits per heavy atom. The lowest BCUT2D eigenvalue weighted by Crippen LogP contribution is -2.32. The van der Waals surface area contributed by atoms with Crippen molar-refractivity contribution in [2.24, 2.45) is 11.7 Å². The molecule has 3 rings (SSSR count). The van der Waals surface area contributed by atoms with Crippen LogP contribution in [0.5, 0.6) is 5.75 Å². The van der Waals surface area contributed by atoms with E-state index in [1.54, 1.807) is 6.07 Å². The van der Waals surface area contributed by atoms with Crippen LogP contribution >= 0.6 is 12.4 Å². The van der Waals surface area contributed by atoms with Crippen molar-refractivity contribution >= 4 is 23.2 Å². The molecule has 0 bridgehead atoms. The zero-order valence-electron chi connectivity index (χ0n) is 11.9. The number of benzene rings is 2. The van der Waals surface area contributed by atoms with Gasteiger partial charge in [0.25, 0.3) is 0 Å². The van der Waals surface area contributed by atoms with Crippen LogP contribution in [0.15, 0.2) is 36.4 Å².